The van der Waals surface area contributed by atoms with E-state index in [4.69, 9.17) is 0 Å². The monoisotopic (exact) mass is 268 g/mol. The molecule has 4 nitrogen and oxygen atoms in total. The van der Waals surface area contributed by atoms with Crippen molar-refractivity contribution >= 4 is 47.6 Å². The second-order valence-corrected chi connectivity index (χ2v) is 5.37. The Kier molecular flexibility index (Phi) is 3.63. The number of thiol groups is 1. The summed E-state index contributed by atoms with van der Waals surface area (Å²) < 4.78 is 0. The lowest BCUT2D eigenvalue weighted by Gasteiger charge is -2.21. The van der Waals surface area contributed by atoms with Crippen molar-refractivity contribution < 1.29 is 9.59 Å². The quantitative estimate of drug-likeness (QED) is 0.719. The Bertz CT molecular complexity index is 477. The first-order valence-electron chi connectivity index (χ1n) is 5.12. The number of hydrogen-bond acceptors (Lipinski definition) is 4. The van der Waals surface area contributed by atoms with Crippen LogP contribution in [0.3, 0.4) is 0 Å². The van der Waals surface area contributed by atoms with Gasteiger partial charge in [-0.3, -0.25) is 9.59 Å². The van der Waals surface area contributed by atoms with Crippen LogP contribution in [0, 0.1) is 0 Å². The van der Waals surface area contributed by atoms with Crippen molar-refractivity contribution in [1.82, 2.24) is 0 Å². The minimum absolute atomic E-state index is 0.0137. The maximum Gasteiger partial charge on any atom is 0.237 e. The Balaban J connectivity index is 2.22. The van der Waals surface area contributed by atoms with Crippen LogP contribution in [-0.4, -0.2) is 22.8 Å². The molecule has 1 aliphatic rings. The molecular formula is C11H12N2O2S2. The molecule has 0 spiro atoms. The van der Waals surface area contributed by atoms with Gasteiger partial charge in [-0.05, 0) is 25.1 Å². The highest BCUT2D eigenvalue weighted by Gasteiger charge is 2.22. The Morgan fingerprint density at radius 3 is 3.06 bits per heavy atom. The Morgan fingerprint density at radius 1 is 1.59 bits per heavy atom. The molecule has 1 aromatic rings. The van der Waals surface area contributed by atoms with Gasteiger partial charge in [0.2, 0.25) is 11.8 Å². The fraction of sp³-hybridized carbons (Fsp3) is 0.273. The van der Waals surface area contributed by atoms with Crippen LogP contribution in [-0.2, 0) is 9.59 Å². The van der Waals surface area contributed by atoms with Gasteiger partial charge in [-0.15, -0.1) is 11.8 Å². The van der Waals surface area contributed by atoms with Gasteiger partial charge in [0.1, 0.15) is 0 Å². The summed E-state index contributed by atoms with van der Waals surface area (Å²) in [6.07, 6.45) is 0. The van der Waals surface area contributed by atoms with Crippen molar-refractivity contribution in [3.8, 4) is 0 Å². The number of amides is 2. The number of benzene rings is 1. The number of hydrogen-bond donors (Lipinski definition) is 3. The lowest BCUT2D eigenvalue weighted by Crippen LogP contribution is -2.26. The highest BCUT2D eigenvalue weighted by atomic mass is 32.2. The topological polar surface area (TPSA) is 58.2 Å². The van der Waals surface area contributed by atoms with Crippen LogP contribution in [0.15, 0.2) is 23.1 Å². The molecule has 1 aliphatic heterocycles. The van der Waals surface area contributed by atoms with E-state index >= 15 is 0 Å². The third kappa shape index (κ3) is 2.76. The maximum atomic E-state index is 11.5. The summed E-state index contributed by atoms with van der Waals surface area (Å²) in [5.74, 6) is -0.0495. The van der Waals surface area contributed by atoms with Gasteiger partial charge in [0.25, 0.3) is 0 Å². The second-order valence-electron chi connectivity index (χ2n) is 3.67. The average molecular weight is 268 g/mol. The van der Waals surface area contributed by atoms with Crippen LogP contribution in [0.4, 0.5) is 11.4 Å². The molecule has 0 saturated carbocycles. The Labute approximate surface area is 109 Å². The molecule has 0 aromatic heterocycles. The van der Waals surface area contributed by atoms with Crippen LogP contribution in [0.2, 0.25) is 0 Å². The third-order valence-corrected chi connectivity index (χ3v) is 3.80. The molecule has 90 valence electrons. The van der Waals surface area contributed by atoms with E-state index in [0.717, 1.165) is 10.6 Å². The first-order chi connectivity index (χ1) is 8.10. The molecule has 1 aromatic carbocycles. The van der Waals surface area contributed by atoms with Crippen molar-refractivity contribution in [3.63, 3.8) is 0 Å². The number of thioether (sulfide) groups is 1. The van der Waals surface area contributed by atoms with E-state index in [1.165, 1.54) is 11.8 Å². The Hall–Kier alpha value is -1.14. The summed E-state index contributed by atoms with van der Waals surface area (Å²) >= 11 is 5.40. The molecule has 0 radical (unpaired) electrons. The number of carbonyl (C=O) groups excluding carboxylic acids is 2. The van der Waals surface area contributed by atoms with Crippen molar-refractivity contribution in [2.75, 3.05) is 16.4 Å². The predicted molar refractivity (Wildman–Crippen MR) is 72.9 cm³/mol. The molecule has 0 bridgehead atoms. The van der Waals surface area contributed by atoms with Gasteiger partial charge in [0.05, 0.1) is 16.7 Å². The first kappa shape index (κ1) is 12.3. The van der Waals surface area contributed by atoms with Crippen molar-refractivity contribution in [3.05, 3.63) is 18.2 Å². The van der Waals surface area contributed by atoms with Crippen molar-refractivity contribution in [2.45, 2.75) is 17.1 Å². The minimum atomic E-state index is -0.170. The second kappa shape index (κ2) is 5.01. The Morgan fingerprint density at radius 2 is 2.35 bits per heavy atom. The zero-order chi connectivity index (χ0) is 12.4. The van der Waals surface area contributed by atoms with E-state index in [1.54, 1.807) is 6.07 Å². The summed E-state index contributed by atoms with van der Waals surface area (Å²) in [5.41, 5.74) is 1.41. The van der Waals surface area contributed by atoms with Crippen LogP contribution in [0.25, 0.3) is 0 Å². The number of carbonyl (C=O) groups is 2. The minimum Gasteiger partial charge on any atom is -0.325 e. The molecule has 0 aliphatic carbocycles. The fourth-order valence-electron chi connectivity index (χ4n) is 1.49. The maximum absolute atomic E-state index is 11.5. The van der Waals surface area contributed by atoms with E-state index in [1.807, 2.05) is 19.1 Å². The molecule has 0 saturated heterocycles. The first-order valence-corrected chi connectivity index (χ1v) is 6.63. The van der Waals surface area contributed by atoms with E-state index in [0.29, 0.717) is 5.69 Å². The van der Waals surface area contributed by atoms with Crippen LogP contribution < -0.4 is 10.6 Å². The molecular weight excluding hydrogens is 256 g/mol. The molecule has 2 N–H and O–H groups in total. The predicted octanol–water partition coefficient (Wildman–Crippen LogP) is 1.99. The average Bonchev–Trinajstić information content (AvgIpc) is 2.31. The van der Waals surface area contributed by atoms with Crippen LogP contribution >= 0.6 is 24.4 Å². The zero-order valence-electron chi connectivity index (χ0n) is 9.19. The standard InChI is InChI=1S/C11H12N2O2S2/c1-6-11(15)13-8-4-7(12-10(14)5-16)2-3-9(8)17-6/h2-4,6,16H,5H2,1H3,(H,12,14)(H,13,15). The van der Waals surface area contributed by atoms with Crippen LogP contribution in [0.1, 0.15) is 6.92 Å². The summed E-state index contributed by atoms with van der Waals surface area (Å²) in [5, 5.41) is 5.42. The third-order valence-electron chi connectivity index (χ3n) is 2.34. The summed E-state index contributed by atoms with van der Waals surface area (Å²) in [7, 11) is 0. The molecule has 0 fully saturated rings. The molecule has 1 unspecified atom stereocenters. The number of fused-ring (bicyclic) bond motifs is 1. The van der Waals surface area contributed by atoms with Gasteiger partial charge >= 0.3 is 0 Å². The van der Waals surface area contributed by atoms with E-state index in [2.05, 4.69) is 23.3 Å². The van der Waals surface area contributed by atoms with Gasteiger partial charge in [-0.25, -0.2) is 0 Å². The van der Waals surface area contributed by atoms with E-state index in [-0.39, 0.29) is 22.8 Å². The largest absolute Gasteiger partial charge is 0.325 e. The smallest absolute Gasteiger partial charge is 0.237 e. The van der Waals surface area contributed by atoms with Gasteiger partial charge in [0.15, 0.2) is 0 Å². The molecule has 2 rings (SSSR count). The number of rotatable bonds is 2. The van der Waals surface area contributed by atoms with Crippen molar-refractivity contribution in [2.24, 2.45) is 0 Å². The van der Waals surface area contributed by atoms with Crippen LogP contribution in [0.5, 0.6) is 0 Å². The van der Waals surface area contributed by atoms with Gasteiger partial charge in [0, 0.05) is 10.6 Å². The number of nitrogens with one attached hydrogen (secondary N) is 2. The normalized spacial score (nSPS) is 18.2. The van der Waals surface area contributed by atoms with Gasteiger partial charge < -0.3 is 10.6 Å². The van der Waals surface area contributed by atoms with Crippen molar-refractivity contribution in [1.29, 1.82) is 0 Å². The fourth-order valence-corrected chi connectivity index (χ4v) is 2.50. The lowest BCUT2D eigenvalue weighted by molar-refractivity contribution is -0.115. The molecule has 1 atom stereocenters. The van der Waals surface area contributed by atoms with Gasteiger partial charge in [-0.1, -0.05) is 0 Å². The molecule has 1 heterocycles. The number of anilines is 2. The van der Waals surface area contributed by atoms with Gasteiger partial charge in [-0.2, -0.15) is 12.6 Å². The lowest BCUT2D eigenvalue weighted by atomic mass is 10.2. The summed E-state index contributed by atoms with van der Waals surface area (Å²) in [6.45, 7) is 1.86. The van der Waals surface area contributed by atoms with E-state index < -0.39 is 0 Å². The summed E-state index contributed by atoms with van der Waals surface area (Å²) in [4.78, 5) is 23.7. The highest BCUT2D eigenvalue weighted by molar-refractivity contribution is 8.00. The molecule has 17 heavy (non-hydrogen) atoms. The molecule has 2 amide bonds. The SMILES string of the molecule is CC1Sc2ccc(NC(=O)CS)cc2NC1=O. The zero-order valence-corrected chi connectivity index (χ0v) is 10.9. The highest BCUT2D eigenvalue weighted by Crippen LogP contribution is 2.36. The van der Waals surface area contributed by atoms with E-state index in [9.17, 15) is 9.59 Å². The summed E-state index contributed by atoms with van der Waals surface area (Å²) in [6, 6.07) is 5.47. The molecule has 6 heteroatoms.